The van der Waals surface area contributed by atoms with Crippen molar-refractivity contribution in [3.8, 4) is 0 Å². The summed E-state index contributed by atoms with van der Waals surface area (Å²) >= 11 is 0. The summed E-state index contributed by atoms with van der Waals surface area (Å²) in [6, 6.07) is 13.2. The Morgan fingerprint density at radius 1 is 1.13 bits per heavy atom. The lowest BCUT2D eigenvalue weighted by molar-refractivity contribution is -0.146. The first-order chi connectivity index (χ1) is 15.0. The van der Waals surface area contributed by atoms with Gasteiger partial charge in [-0.1, -0.05) is 30.3 Å². The number of hydrogen-bond acceptors (Lipinski definition) is 5. The fourth-order valence-electron chi connectivity index (χ4n) is 3.60. The van der Waals surface area contributed by atoms with Crippen LogP contribution in [-0.2, 0) is 32.2 Å². The normalized spacial score (nSPS) is 15.9. The van der Waals surface area contributed by atoms with Gasteiger partial charge in [-0.2, -0.15) is 0 Å². The molecular weight excluding hydrogens is 396 g/mol. The summed E-state index contributed by atoms with van der Waals surface area (Å²) in [5, 5.41) is 0. The Morgan fingerprint density at radius 2 is 1.94 bits per heavy atom. The number of carbonyl (C=O) groups is 2. The number of rotatable bonds is 11. The Hall–Kier alpha value is -2.64. The van der Waals surface area contributed by atoms with Crippen molar-refractivity contribution in [3.05, 3.63) is 60.1 Å². The van der Waals surface area contributed by atoms with Gasteiger partial charge in [0.2, 0.25) is 11.8 Å². The van der Waals surface area contributed by atoms with Crippen molar-refractivity contribution in [1.29, 1.82) is 0 Å². The van der Waals surface area contributed by atoms with Gasteiger partial charge in [0.15, 0.2) is 0 Å². The maximum atomic E-state index is 13.2. The average molecular weight is 429 g/mol. The van der Waals surface area contributed by atoms with E-state index in [9.17, 15) is 9.59 Å². The summed E-state index contributed by atoms with van der Waals surface area (Å²) in [4.78, 5) is 29.2. The van der Waals surface area contributed by atoms with Crippen molar-refractivity contribution >= 4 is 11.8 Å². The smallest absolute Gasteiger partial charge is 0.249 e. The second-order valence-electron chi connectivity index (χ2n) is 8.08. The van der Waals surface area contributed by atoms with E-state index in [1.165, 1.54) is 0 Å². The summed E-state index contributed by atoms with van der Waals surface area (Å²) in [5.41, 5.74) is 1.00. The van der Waals surface area contributed by atoms with Crippen molar-refractivity contribution in [2.45, 2.75) is 52.0 Å². The second-order valence-corrected chi connectivity index (χ2v) is 8.08. The first-order valence-corrected chi connectivity index (χ1v) is 10.9. The number of nitrogens with zero attached hydrogens (tertiary/aromatic N) is 2. The summed E-state index contributed by atoms with van der Waals surface area (Å²) in [5.74, 6) is 0.381. The Kier molecular flexibility index (Phi) is 8.67. The molecule has 1 fully saturated rings. The quantitative estimate of drug-likeness (QED) is 0.549. The zero-order valence-corrected chi connectivity index (χ0v) is 18.4. The average Bonchev–Trinajstić information content (AvgIpc) is 3.46. The molecule has 1 aromatic carbocycles. The standard InChI is InChI=1S/C24H32N2O5/c1-19(2)26(24(28)18-29-17-20-8-4-3-5-9-20)16-23(27)25(14-21-10-6-12-30-21)15-22-11-7-13-31-22/h3-6,8-10,12,19,22H,7,11,13-18H2,1-2H3. The molecule has 2 heterocycles. The van der Waals surface area contributed by atoms with E-state index in [1.807, 2.05) is 50.2 Å². The van der Waals surface area contributed by atoms with E-state index in [-0.39, 0.29) is 37.1 Å². The molecule has 0 radical (unpaired) electrons. The molecule has 7 heteroatoms. The predicted molar refractivity (Wildman–Crippen MR) is 116 cm³/mol. The molecule has 1 aromatic heterocycles. The van der Waals surface area contributed by atoms with Gasteiger partial charge in [0.25, 0.3) is 0 Å². The van der Waals surface area contributed by atoms with Gasteiger partial charge in [0.05, 0.1) is 25.5 Å². The van der Waals surface area contributed by atoms with Crippen molar-refractivity contribution in [1.82, 2.24) is 9.80 Å². The van der Waals surface area contributed by atoms with Crippen LogP contribution in [0.3, 0.4) is 0 Å². The summed E-state index contributed by atoms with van der Waals surface area (Å²) in [6.45, 7) is 5.67. The van der Waals surface area contributed by atoms with Gasteiger partial charge in [-0.3, -0.25) is 9.59 Å². The fourth-order valence-corrected chi connectivity index (χ4v) is 3.60. The molecule has 0 bridgehead atoms. The highest BCUT2D eigenvalue weighted by molar-refractivity contribution is 5.85. The third-order valence-electron chi connectivity index (χ3n) is 5.31. The zero-order valence-electron chi connectivity index (χ0n) is 18.4. The maximum Gasteiger partial charge on any atom is 0.249 e. The minimum absolute atomic E-state index is 0.00136. The van der Waals surface area contributed by atoms with E-state index in [0.717, 1.165) is 25.0 Å². The first kappa shape index (κ1) is 23.0. The Morgan fingerprint density at radius 3 is 2.58 bits per heavy atom. The lowest BCUT2D eigenvalue weighted by Gasteiger charge is -2.30. The van der Waals surface area contributed by atoms with Crippen LogP contribution in [0.1, 0.15) is 38.0 Å². The summed E-state index contributed by atoms with van der Waals surface area (Å²) < 4.78 is 16.8. The van der Waals surface area contributed by atoms with Gasteiger partial charge in [0.1, 0.15) is 18.9 Å². The van der Waals surface area contributed by atoms with E-state index >= 15 is 0 Å². The lowest BCUT2D eigenvalue weighted by Crippen LogP contribution is -2.48. The van der Waals surface area contributed by atoms with Crippen LogP contribution in [0.25, 0.3) is 0 Å². The van der Waals surface area contributed by atoms with Crippen LogP contribution in [0.4, 0.5) is 0 Å². The molecule has 168 valence electrons. The molecule has 3 rings (SSSR count). The van der Waals surface area contributed by atoms with E-state index < -0.39 is 0 Å². The van der Waals surface area contributed by atoms with Crippen molar-refractivity contribution < 1.29 is 23.5 Å². The third kappa shape index (κ3) is 7.22. The molecule has 0 aliphatic carbocycles. The monoisotopic (exact) mass is 428 g/mol. The number of furan rings is 1. The molecule has 1 aliphatic heterocycles. The van der Waals surface area contributed by atoms with Gasteiger partial charge >= 0.3 is 0 Å². The second kappa shape index (κ2) is 11.7. The number of amides is 2. The SMILES string of the molecule is CC(C)N(CC(=O)N(Cc1ccco1)CC1CCCO1)C(=O)COCc1ccccc1. The maximum absolute atomic E-state index is 13.2. The Labute approximate surface area is 183 Å². The highest BCUT2D eigenvalue weighted by Gasteiger charge is 2.27. The minimum Gasteiger partial charge on any atom is -0.467 e. The van der Waals surface area contributed by atoms with E-state index in [1.54, 1.807) is 22.1 Å². The molecule has 1 atom stereocenters. The van der Waals surface area contributed by atoms with Gasteiger partial charge in [-0.05, 0) is 44.4 Å². The minimum atomic E-state index is -0.200. The molecule has 2 aromatic rings. The van der Waals surface area contributed by atoms with E-state index in [4.69, 9.17) is 13.9 Å². The zero-order chi connectivity index (χ0) is 22.1. The van der Waals surface area contributed by atoms with Crippen molar-refractivity contribution in [2.24, 2.45) is 0 Å². The van der Waals surface area contributed by atoms with Gasteiger partial charge in [-0.25, -0.2) is 0 Å². The van der Waals surface area contributed by atoms with Crippen LogP contribution in [0.15, 0.2) is 53.1 Å². The number of hydrogen-bond donors (Lipinski definition) is 0. The fraction of sp³-hybridized carbons (Fsp3) is 0.500. The summed E-state index contributed by atoms with van der Waals surface area (Å²) in [6.07, 6.45) is 3.56. The van der Waals surface area contributed by atoms with Crippen molar-refractivity contribution in [2.75, 3.05) is 26.3 Å². The predicted octanol–water partition coefficient (Wildman–Crippen LogP) is 3.24. The summed E-state index contributed by atoms with van der Waals surface area (Å²) in [7, 11) is 0. The highest BCUT2D eigenvalue weighted by atomic mass is 16.5. The molecule has 2 amide bonds. The molecule has 0 saturated carbocycles. The first-order valence-electron chi connectivity index (χ1n) is 10.9. The third-order valence-corrected chi connectivity index (χ3v) is 5.31. The lowest BCUT2D eigenvalue weighted by atomic mass is 10.2. The van der Waals surface area contributed by atoms with Gasteiger partial charge in [0, 0.05) is 19.2 Å². The Balaban J connectivity index is 1.58. The van der Waals surface area contributed by atoms with Crippen LogP contribution in [0.2, 0.25) is 0 Å². The number of benzene rings is 1. The van der Waals surface area contributed by atoms with Gasteiger partial charge in [-0.15, -0.1) is 0 Å². The molecule has 7 nitrogen and oxygen atoms in total. The van der Waals surface area contributed by atoms with Gasteiger partial charge < -0.3 is 23.7 Å². The van der Waals surface area contributed by atoms with Crippen molar-refractivity contribution in [3.63, 3.8) is 0 Å². The highest BCUT2D eigenvalue weighted by Crippen LogP contribution is 2.16. The van der Waals surface area contributed by atoms with Crippen LogP contribution in [0.5, 0.6) is 0 Å². The largest absolute Gasteiger partial charge is 0.467 e. The van der Waals surface area contributed by atoms with E-state index in [0.29, 0.717) is 25.5 Å². The van der Waals surface area contributed by atoms with Crippen LogP contribution >= 0.6 is 0 Å². The van der Waals surface area contributed by atoms with Crippen LogP contribution in [0, 0.1) is 0 Å². The topological polar surface area (TPSA) is 72.2 Å². The van der Waals surface area contributed by atoms with Crippen LogP contribution in [-0.4, -0.2) is 60.1 Å². The molecule has 0 N–H and O–H groups in total. The van der Waals surface area contributed by atoms with Crippen LogP contribution < -0.4 is 0 Å². The Bertz CT molecular complexity index is 801. The number of ether oxygens (including phenoxy) is 2. The molecular formula is C24H32N2O5. The molecule has 1 aliphatic rings. The van der Waals surface area contributed by atoms with E-state index in [2.05, 4.69) is 0 Å². The number of carbonyl (C=O) groups excluding carboxylic acids is 2. The molecule has 1 unspecified atom stereocenters. The molecule has 31 heavy (non-hydrogen) atoms. The molecule has 1 saturated heterocycles. The molecule has 0 spiro atoms.